The van der Waals surface area contributed by atoms with Crippen LogP contribution in [0.5, 0.6) is 0 Å². The van der Waals surface area contributed by atoms with Gasteiger partial charge in [0.15, 0.2) is 0 Å². The van der Waals surface area contributed by atoms with E-state index in [0.29, 0.717) is 28.1 Å². The highest BCUT2D eigenvalue weighted by Gasteiger charge is 2.33. The molecule has 2 rings (SSSR count). The van der Waals surface area contributed by atoms with Gasteiger partial charge in [-0.25, -0.2) is 0 Å². The Kier molecular flexibility index (Phi) is 5.96. The minimum absolute atomic E-state index is 0.277. The summed E-state index contributed by atoms with van der Waals surface area (Å²) in [7, 11) is 4.27. The molecule has 0 aromatic heterocycles. The number of rotatable bonds is 4. The van der Waals surface area contributed by atoms with Gasteiger partial charge >= 0.3 is 0 Å². The molecule has 3 atom stereocenters. The lowest BCUT2D eigenvalue weighted by Crippen LogP contribution is -2.45. The Morgan fingerprint density at radius 2 is 1.86 bits per heavy atom. The van der Waals surface area contributed by atoms with Crippen molar-refractivity contribution in [2.45, 2.75) is 57.3 Å². The molecule has 0 heterocycles. The monoisotopic (exact) mass is 329 g/mol. The maximum absolute atomic E-state index is 6.16. The number of halogens is 2. The predicted octanol–water partition coefficient (Wildman–Crippen LogP) is 4.98. The second-order valence-corrected chi connectivity index (χ2v) is 7.25. The molecular weight excluding hydrogens is 305 g/mol. The maximum atomic E-state index is 6.16. The number of benzene rings is 1. The minimum Gasteiger partial charge on any atom is -0.374 e. The van der Waals surface area contributed by atoms with Crippen LogP contribution in [-0.2, 0) is 4.74 Å². The van der Waals surface area contributed by atoms with Crippen LogP contribution in [0.15, 0.2) is 18.2 Å². The SMILES string of the molecule is CC(C)O[C@H]1CC[C@H](c2ccc(Cl)c(Cl)c2)C[C@@H]1N(C)C. The van der Waals surface area contributed by atoms with E-state index in [0.717, 1.165) is 19.3 Å². The highest BCUT2D eigenvalue weighted by Crippen LogP contribution is 2.38. The lowest BCUT2D eigenvalue weighted by atomic mass is 9.79. The first kappa shape index (κ1) is 17.1. The normalized spacial score (nSPS) is 26.6. The van der Waals surface area contributed by atoms with Gasteiger partial charge in [-0.2, -0.15) is 0 Å². The number of nitrogens with zero attached hydrogens (tertiary/aromatic N) is 1. The molecule has 0 radical (unpaired) electrons. The maximum Gasteiger partial charge on any atom is 0.0733 e. The van der Waals surface area contributed by atoms with Crippen LogP contribution in [0.25, 0.3) is 0 Å². The van der Waals surface area contributed by atoms with Gasteiger partial charge in [0.05, 0.1) is 22.3 Å². The van der Waals surface area contributed by atoms with E-state index >= 15 is 0 Å². The first-order valence-electron chi connectivity index (χ1n) is 7.65. The molecule has 0 aliphatic heterocycles. The van der Waals surface area contributed by atoms with Gasteiger partial charge in [-0.15, -0.1) is 0 Å². The van der Waals surface area contributed by atoms with Gasteiger partial charge in [0.1, 0.15) is 0 Å². The van der Waals surface area contributed by atoms with Gasteiger partial charge in [-0.1, -0.05) is 29.3 Å². The van der Waals surface area contributed by atoms with Crippen LogP contribution in [0.2, 0.25) is 10.0 Å². The number of hydrogen-bond donors (Lipinski definition) is 0. The molecule has 0 spiro atoms. The fourth-order valence-electron chi connectivity index (χ4n) is 3.24. The predicted molar refractivity (Wildman–Crippen MR) is 90.5 cm³/mol. The van der Waals surface area contributed by atoms with Gasteiger partial charge in [0.25, 0.3) is 0 Å². The Hall–Kier alpha value is -0.280. The third-order valence-corrected chi connectivity index (χ3v) is 5.02. The molecule has 1 aromatic rings. The Labute approximate surface area is 138 Å². The van der Waals surface area contributed by atoms with Crippen molar-refractivity contribution in [2.75, 3.05) is 14.1 Å². The molecule has 0 saturated heterocycles. The van der Waals surface area contributed by atoms with Gasteiger partial charge in [-0.3, -0.25) is 0 Å². The molecule has 0 N–H and O–H groups in total. The van der Waals surface area contributed by atoms with E-state index in [1.807, 2.05) is 12.1 Å². The van der Waals surface area contributed by atoms with Gasteiger partial charge < -0.3 is 9.64 Å². The van der Waals surface area contributed by atoms with Crippen molar-refractivity contribution in [3.05, 3.63) is 33.8 Å². The minimum atomic E-state index is 0.277. The zero-order valence-electron chi connectivity index (χ0n) is 13.3. The smallest absolute Gasteiger partial charge is 0.0733 e. The first-order valence-corrected chi connectivity index (χ1v) is 8.41. The summed E-state index contributed by atoms with van der Waals surface area (Å²) < 4.78 is 6.10. The molecule has 2 nitrogen and oxygen atoms in total. The summed E-state index contributed by atoms with van der Waals surface area (Å²) in [6, 6.07) is 6.47. The van der Waals surface area contributed by atoms with Crippen molar-refractivity contribution in [3.8, 4) is 0 Å². The highest BCUT2D eigenvalue weighted by atomic mass is 35.5. The standard InChI is InChI=1S/C17H25Cl2NO/c1-11(2)21-17-8-6-13(10-16(17)20(3)4)12-5-7-14(18)15(19)9-12/h5,7,9,11,13,16-17H,6,8,10H2,1-4H3/t13-,16-,17-/m0/s1. The average molecular weight is 330 g/mol. The van der Waals surface area contributed by atoms with E-state index in [-0.39, 0.29) is 6.10 Å². The van der Waals surface area contributed by atoms with E-state index in [1.54, 1.807) is 0 Å². The first-order chi connectivity index (χ1) is 9.88. The summed E-state index contributed by atoms with van der Waals surface area (Å²) >= 11 is 12.2. The molecule has 1 aliphatic rings. The van der Waals surface area contributed by atoms with E-state index < -0.39 is 0 Å². The average Bonchev–Trinajstić information content (AvgIpc) is 2.41. The zero-order chi connectivity index (χ0) is 15.6. The van der Waals surface area contributed by atoms with Crippen LogP contribution in [0.3, 0.4) is 0 Å². The van der Waals surface area contributed by atoms with Crippen molar-refractivity contribution >= 4 is 23.2 Å². The zero-order valence-corrected chi connectivity index (χ0v) is 14.8. The van der Waals surface area contributed by atoms with Gasteiger partial charge in [0.2, 0.25) is 0 Å². The van der Waals surface area contributed by atoms with Crippen molar-refractivity contribution < 1.29 is 4.74 Å². The number of likely N-dealkylation sites (N-methyl/N-ethyl adjacent to an activating group) is 1. The van der Waals surface area contributed by atoms with E-state index in [2.05, 4.69) is 38.9 Å². The second-order valence-electron chi connectivity index (χ2n) is 6.44. The summed E-state index contributed by atoms with van der Waals surface area (Å²) in [5.74, 6) is 0.527. The number of hydrogen-bond acceptors (Lipinski definition) is 2. The Bertz CT molecular complexity index is 476. The molecule has 1 fully saturated rings. The lowest BCUT2D eigenvalue weighted by Gasteiger charge is -2.40. The molecule has 0 bridgehead atoms. The summed E-state index contributed by atoms with van der Waals surface area (Å²) in [4.78, 5) is 2.29. The summed E-state index contributed by atoms with van der Waals surface area (Å²) in [6.45, 7) is 4.22. The van der Waals surface area contributed by atoms with Crippen LogP contribution < -0.4 is 0 Å². The van der Waals surface area contributed by atoms with E-state index in [4.69, 9.17) is 27.9 Å². The van der Waals surface area contributed by atoms with Crippen molar-refractivity contribution in [3.63, 3.8) is 0 Å². The van der Waals surface area contributed by atoms with Gasteiger partial charge in [0, 0.05) is 6.04 Å². The summed E-state index contributed by atoms with van der Waals surface area (Å²) in [5, 5.41) is 1.28. The third kappa shape index (κ3) is 4.35. The van der Waals surface area contributed by atoms with Crippen LogP contribution >= 0.6 is 23.2 Å². The molecule has 0 unspecified atom stereocenters. The molecule has 1 aromatic carbocycles. The molecule has 1 saturated carbocycles. The largest absolute Gasteiger partial charge is 0.374 e. The van der Waals surface area contributed by atoms with E-state index in [1.165, 1.54) is 5.56 Å². The topological polar surface area (TPSA) is 12.5 Å². The van der Waals surface area contributed by atoms with Crippen molar-refractivity contribution in [2.24, 2.45) is 0 Å². The molecule has 118 valence electrons. The van der Waals surface area contributed by atoms with Gasteiger partial charge in [-0.05, 0) is 70.8 Å². The lowest BCUT2D eigenvalue weighted by molar-refractivity contribution is -0.0569. The molecule has 1 aliphatic carbocycles. The third-order valence-electron chi connectivity index (χ3n) is 4.28. The molecule has 21 heavy (non-hydrogen) atoms. The van der Waals surface area contributed by atoms with Crippen LogP contribution in [0.4, 0.5) is 0 Å². The van der Waals surface area contributed by atoms with Crippen LogP contribution in [0, 0.1) is 0 Å². The fourth-order valence-corrected chi connectivity index (χ4v) is 3.55. The second kappa shape index (κ2) is 7.32. The molecular formula is C17H25Cl2NO. The quantitative estimate of drug-likeness (QED) is 0.771. The van der Waals surface area contributed by atoms with E-state index in [9.17, 15) is 0 Å². The number of ether oxygens (including phenoxy) is 1. The van der Waals surface area contributed by atoms with Crippen LogP contribution in [-0.4, -0.2) is 37.2 Å². The highest BCUT2D eigenvalue weighted by molar-refractivity contribution is 6.42. The summed E-state index contributed by atoms with van der Waals surface area (Å²) in [6.07, 6.45) is 3.92. The van der Waals surface area contributed by atoms with Crippen molar-refractivity contribution in [1.29, 1.82) is 0 Å². The fraction of sp³-hybridized carbons (Fsp3) is 0.647. The summed E-state index contributed by atoms with van der Waals surface area (Å²) in [5.41, 5.74) is 1.29. The molecule has 4 heteroatoms. The van der Waals surface area contributed by atoms with Crippen LogP contribution in [0.1, 0.15) is 44.6 Å². The Morgan fingerprint density at radius 1 is 1.14 bits per heavy atom. The Morgan fingerprint density at radius 3 is 2.43 bits per heavy atom. The molecule has 0 amide bonds. The van der Waals surface area contributed by atoms with Crippen molar-refractivity contribution in [1.82, 2.24) is 4.90 Å². The Balaban J connectivity index is 2.12.